The van der Waals surface area contributed by atoms with Crippen LogP contribution in [0.15, 0.2) is 109 Å². The third kappa shape index (κ3) is 4.68. The molecule has 1 amide bonds. The van der Waals surface area contributed by atoms with Gasteiger partial charge < -0.3 is 0 Å². The lowest BCUT2D eigenvalue weighted by molar-refractivity contribution is -0.119. The molecule has 0 aliphatic rings. The van der Waals surface area contributed by atoms with Crippen molar-refractivity contribution in [2.45, 2.75) is 12.5 Å². The molecule has 1 heterocycles. The van der Waals surface area contributed by atoms with Crippen molar-refractivity contribution < 1.29 is 4.79 Å². The monoisotopic (exact) mass is 468 g/mol. The van der Waals surface area contributed by atoms with Crippen LogP contribution >= 0.6 is 22.9 Å². The lowest BCUT2D eigenvalue weighted by Gasteiger charge is -2.26. The Labute approximate surface area is 201 Å². The van der Waals surface area contributed by atoms with E-state index in [-0.39, 0.29) is 5.91 Å². The Kier molecular flexibility index (Phi) is 6.20. The fourth-order valence-electron chi connectivity index (χ4n) is 3.93. The molecule has 162 valence electrons. The van der Waals surface area contributed by atoms with Crippen molar-refractivity contribution in [3.63, 3.8) is 0 Å². The predicted molar refractivity (Wildman–Crippen MR) is 137 cm³/mol. The fraction of sp³-hybridized carbons (Fsp3) is 0.0714. The summed E-state index contributed by atoms with van der Waals surface area (Å²) in [4.78, 5) is 20.9. The van der Waals surface area contributed by atoms with Gasteiger partial charge in [0.25, 0.3) is 0 Å². The zero-order valence-corrected chi connectivity index (χ0v) is 19.3. The molecule has 3 nitrogen and oxygen atoms in total. The molecule has 0 aliphatic heterocycles. The second-order valence-electron chi connectivity index (χ2n) is 7.77. The van der Waals surface area contributed by atoms with Gasteiger partial charge in [-0.15, -0.1) is 0 Å². The van der Waals surface area contributed by atoms with Crippen LogP contribution in [0.1, 0.15) is 22.6 Å². The van der Waals surface area contributed by atoms with E-state index >= 15 is 0 Å². The lowest BCUT2D eigenvalue weighted by Crippen LogP contribution is -2.35. The number of halogens is 1. The van der Waals surface area contributed by atoms with Crippen LogP contribution in [0.25, 0.3) is 10.2 Å². The van der Waals surface area contributed by atoms with Crippen molar-refractivity contribution in [3.05, 3.63) is 131 Å². The number of carbonyl (C=O) groups is 1. The minimum atomic E-state index is -0.438. The van der Waals surface area contributed by atoms with E-state index in [0.717, 1.165) is 26.9 Å². The number of thiazole rings is 1. The summed E-state index contributed by atoms with van der Waals surface area (Å²) in [5.41, 5.74) is 3.79. The zero-order valence-electron chi connectivity index (χ0n) is 17.8. The van der Waals surface area contributed by atoms with Crippen LogP contribution in [0, 0.1) is 0 Å². The van der Waals surface area contributed by atoms with Crippen molar-refractivity contribution in [1.82, 2.24) is 4.98 Å². The molecule has 4 aromatic carbocycles. The molecule has 5 aromatic rings. The SMILES string of the molecule is O=C(C(c1ccccc1)c1ccccc1)N(Cc1ccccc1)c1nc2ccc(Cl)cc2s1. The van der Waals surface area contributed by atoms with Gasteiger partial charge in [-0.05, 0) is 34.9 Å². The van der Waals surface area contributed by atoms with Crippen molar-refractivity contribution in [2.75, 3.05) is 4.90 Å². The highest BCUT2D eigenvalue weighted by atomic mass is 35.5. The third-order valence-corrected chi connectivity index (χ3v) is 6.81. The van der Waals surface area contributed by atoms with E-state index in [4.69, 9.17) is 16.6 Å². The van der Waals surface area contributed by atoms with Crippen LogP contribution in [-0.2, 0) is 11.3 Å². The Hall–Kier alpha value is -3.47. The number of fused-ring (bicyclic) bond motifs is 1. The van der Waals surface area contributed by atoms with E-state index in [1.807, 2.05) is 109 Å². The molecule has 0 fully saturated rings. The highest BCUT2D eigenvalue weighted by Gasteiger charge is 2.30. The molecule has 33 heavy (non-hydrogen) atoms. The number of nitrogens with zero attached hydrogens (tertiary/aromatic N) is 2. The minimum absolute atomic E-state index is 0.0126. The Bertz CT molecular complexity index is 1330. The molecule has 0 saturated heterocycles. The summed E-state index contributed by atoms with van der Waals surface area (Å²) in [6.07, 6.45) is 0. The molecule has 1 aromatic heterocycles. The van der Waals surface area contributed by atoms with E-state index in [1.54, 1.807) is 4.90 Å². The molecule has 0 unspecified atom stereocenters. The molecule has 0 saturated carbocycles. The van der Waals surface area contributed by atoms with Gasteiger partial charge in [-0.2, -0.15) is 0 Å². The van der Waals surface area contributed by atoms with E-state index < -0.39 is 5.92 Å². The van der Waals surface area contributed by atoms with Gasteiger partial charge in [0.2, 0.25) is 5.91 Å². The standard InChI is InChI=1S/C28H21ClN2OS/c29-23-16-17-24-25(18-23)33-28(30-24)31(19-20-10-4-1-5-11-20)27(32)26(21-12-6-2-7-13-21)22-14-8-3-9-15-22/h1-18,26H,19H2. The van der Waals surface area contributed by atoms with Crippen molar-refractivity contribution in [1.29, 1.82) is 0 Å². The summed E-state index contributed by atoms with van der Waals surface area (Å²) in [5.74, 6) is -0.451. The summed E-state index contributed by atoms with van der Waals surface area (Å²) < 4.78 is 0.958. The maximum Gasteiger partial charge on any atom is 0.241 e. The van der Waals surface area contributed by atoms with Crippen molar-refractivity contribution in [2.24, 2.45) is 0 Å². The van der Waals surface area contributed by atoms with Gasteiger partial charge in [0.05, 0.1) is 22.7 Å². The molecular formula is C28H21ClN2OS. The Morgan fingerprint density at radius 1 is 0.818 bits per heavy atom. The summed E-state index contributed by atoms with van der Waals surface area (Å²) in [7, 11) is 0. The summed E-state index contributed by atoms with van der Waals surface area (Å²) >= 11 is 7.69. The Morgan fingerprint density at radius 2 is 1.39 bits per heavy atom. The quantitative estimate of drug-likeness (QED) is 0.261. The third-order valence-electron chi connectivity index (χ3n) is 5.53. The minimum Gasteiger partial charge on any atom is -0.283 e. The van der Waals surface area contributed by atoms with Crippen LogP contribution in [0.5, 0.6) is 0 Å². The number of carbonyl (C=O) groups excluding carboxylic acids is 1. The zero-order chi connectivity index (χ0) is 22.6. The maximum atomic E-state index is 14.3. The van der Waals surface area contributed by atoms with E-state index in [2.05, 4.69) is 0 Å². The first-order valence-corrected chi connectivity index (χ1v) is 11.9. The summed E-state index contributed by atoms with van der Waals surface area (Å²) in [5, 5.41) is 1.32. The molecule has 0 spiro atoms. The number of anilines is 1. The lowest BCUT2D eigenvalue weighted by atomic mass is 9.90. The predicted octanol–water partition coefficient (Wildman–Crippen LogP) is 7.32. The number of rotatable bonds is 6. The van der Waals surface area contributed by atoms with Gasteiger partial charge in [-0.25, -0.2) is 4.98 Å². The molecule has 0 N–H and O–H groups in total. The second-order valence-corrected chi connectivity index (χ2v) is 9.22. The van der Waals surface area contributed by atoms with Crippen molar-refractivity contribution in [3.8, 4) is 0 Å². The first-order chi connectivity index (χ1) is 16.2. The fourth-order valence-corrected chi connectivity index (χ4v) is 5.18. The maximum absolute atomic E-state index is 14.3. The molecule has 0 aliphatic carbocycles. The van der Waals surface area contributed by atoms with E-state index in [1.165, 1.54) is 11.3 Å². The van der Waals surface area contributed by atoms with Gasteiger partial charge >= 0.3 is 0 Å². The highest BCUT2D eigenvalue weighted by molar-refractivity contribution is 7.22. The normalized spacial score (nSPS) is 11.1. The van der Waals surface area contributed by atoms with Crippen molar-refractivity contribution >= 4 is 44.2 Å². The summed E-state index contributed by atoms with van der Waals surface area (Å²) in [6, 6.07) is 35.5. The van der Waals surface area contributed by atoms with E-state index in [9.17, 15) is 4.79 Å². The first kappa shape index (κ1) is 21.4. The van der Waals surface area contributed by atoms with Gasteiger partial charge in [0.15, 0.2) is 5.13 Å². The number of hydrogen-bond acceptors (Lipinski definition) is 3. The molecule has 0 atom stereocenters. The van der Waals surface area contributed by atoms with Crippen LogP contribution in [-0.4, -0.2) is 10.9 Å². The van der Waals surface area contributed by atoms with E-state index in [0.29, 0.717) is 16.7 Å². The molecule has 0 bridgehead atoms. The van der Waals surface area contributed by atoms with Gasteiger partial charge in [-0.1, -0.05) is 114 Å². The first-order valence-electron chi connectivity index (χ1n) is 10.7. The smallest absolute Gasteiger partial charge is 0.241 e. The Balaban J connectivity index is 1.62. The topological polar surface area (TPSA) is 33.2 Å². The largest absolute Gasteiger partial charge is 0.283 e. The van der Waals surface area contributed by atoms with Crippen LogP contribution < -0.4 is 4.90 Å². The Morgan fingerprint density at radius 3 is 2.00 bits per heavy atom. The van der Waals surface area contributed by atoms with Gasteiger partial charge in [-0.3, -0.25) is 9.69 Å². The molecular weight excluding hydrogens is 448 g/mol. The number of aromatic nitrogens is 1. The number of amides is 1. The van der Waals surface area contributed by atoms with Crippen LogP contribution in [0.2, 0.25) is 5.02 Å². The van der Waals surface area contributed by atoms with Gasteiger partial charge in [0, 0.05) is 5.02 Å². The molecule has 5 heteroatoms. The number of benzene rings is 4. The van der Waals surface area contributed by atoms with Crippen LogP contribution in [0.4, 0.5) is 5.13 Å². The number of hydrogen-bond donors (Lipinski definition) is 0. The summed E-state index contributed by atoms with van der Waals surface area (Å²) in [6.45, 7) is 0.434. The average molecular weight is 469 g/mol. The van der Waals surface area contributed by atoms with Crippen LogP contribution in [0.3, 0.4) is 0 Å². The van der Waals surface area contributed by atoms with Gasteiger partial charge in [0.1, 0.15) is 0 Å². The molecule has 0 radical (unpaired) electrons. The highest BCUT2D eigenvalue weighted by Crippen LogP contribution is 2.35. The second kappa shape index (κ2) is 9.57. The molecule has 5 rings (SSSR count). The average Bonchev–Trinajstić information content (AvgIpc) is 3.27.